The Kier molecular flexibility index (Phi) is 2.19. The van der Waals surface area contributed by atoms with Gasteiger partial charge in [0.2, 0.25) is 0 Å². The van der Waals surface area contributed by atoms with Crippen LogP contribution in [0.15, 0.2) is 41.7 Å². The summed E-state index contributed by atoms with van der Waals surface area (Å²) >= 11 is 0. The van der Waals surface area contributed by atoms with Gasteiger partial charge in [0.1, 0.15) is 18.0 Å². The first-order valence-corrected chi connectivity index (χ1v) is 6.57. The minimum Gasteiger partial charge on any atom is -0.504 e. The minimum absolute atomic E-state index is 0.0367. The summed E-state index contributed by atoms with van der Waals surface area (Å²) in [6, 6.07) is 2.90. The average molecular weight is 284 g/mol. The van der Waals surface area contributed by atoms with Gasteiger partial charge in [-0.2, -0.15) is 0 Å². The molecule has 0 bridgehead atoms. The monoisotopic (exact) mass is 284 g/mol. The number of aliphatic hydroxyl groups is 1. The van der Waals surface area contributed by atoms with E-state index in [2.05, 4.69) is 0 Å². The SMILES string of the molecule is O=C1C=CC2=C3c4cc(O)c(O)cc4C[C@]3(O)COC2=C1. The number of fused-ring (bicyclic) bond motifs is 4. The third kappa shape index (κ3) is 1.58. The second kappa shape index (κ2) is 3.77. The molecule has 0 unspecified atom stereocenters. The van der Waals surface area contributed by atoms with Crippen LogP contribution in [0.4, 0.5) is 0 Å². The van der Waals surface area contributed by atoms with Crippen LogP contribution in [-0.2, 0) is 16.0 Å². The maximum atomic E-state index is 11.4. The van der Waals surface area contributed by atoms with Gasteiger partial charge in [-0.05, 0) is 35.4 Å². The van der Waals surface area contributed by atoms with Crippen molar-refractivity contribution in [2.75, 3.05) is 6.61 Å². The Hall–Kier alpha value is -2.53. The lowest BCUT2D eigenvalue weighted by atomic mass is 9.86. The third-order valence-electron chi connectivity index (χ3n) is 4.11. The van der Waals surface area contributed by atoms with Crippen molar-refractivity contribution in [3.63, 3.8) is 0 Å². The first-order valence-electron chi connectivity index (χ1n) is 6.57. The molecule has 3 aliphatic rings. The quantitative estimate of drug-likeness (QED) is 0.623. The number of benzene rings is 1. The molecule has 3 N–H and O–H groups in total. The maximum absolute atomic E-state index is 11.4. The van der Waals surface area contributed by atoms with Crippen LogP contribution in [0, 0.1) is 0 Å². The van der Waals surface area contributed by atoms with Gasteiger partial charge in [0.15, 0.2) is 17.3 Å². The molecule has 21 heavy (non-hydrogen) atoms. The number of phenolic OH excluding ortho intramolecular Hbond substituents is 2. The standard InChI is InChI=1S/C16H12O5/c17-9-1-2-10-14(4-9)21-7-16(20)6-8-3-12(18)13(19)5-11(8)15(10)16/h1-5,18-20H,6-7H2/t16-/m0/s1. The first-order chi connectivity index (χ1) is 9.98. The second-order valence-electron chi connectivity index (χ2n) is 5.53. The van der Waals surface area contributed by atoms with Gasteiger partial charge in [0, 0.05) is 23.6 Å². The molecule has 1 heterocycles. The number of rotatable bonds is 0. The van der Waals surface area contributed by atoms with E-state index in [0.29, 0.717) is 28.9 Å². The molecule has 0 spiro atoms. The van der Waals surface area contributed by atoms with Gasteiger partial charge in [-0.3, -0.25) is 4.79 Å². The molecule has 0 aromatic heterocycles. The van der Waals surface area contributed by atoms with Crippen molar-refractivity contribution in [1.29, 1.82) is 0 Å². The summed E-state index contributed by atoms with van der Waals surface area (Å²) in [6.45, 7) is 0.0367. The van der Waals surface area contributed by atoms with Crippen molar-refractivity contribution in [3.8, 4) is 11.5 Å². The van der Waals surface area contributed by atoms with Gasteiger partial charge in [-0.15, -0.1) is 0 Å². The fraction of sp³-hybridized carbons (Fsp3) is 0.188. The number of aromatic hydroxyl groups is 2. The summed E-state index contributed by atoms with van der Waals surface area (Å²) in [4.78, 5) is 11.4. The van der Waals surface area contributed by atoms with Gasteiger partial charge in [-0.1, -0.05) is 0 Å². The average Bonchev–Trinajstić information content (AvgIpc) is 2.71. The molecule has 0 saturated carbocycles. The van der Waals surface area contributed by atoms with E-state index < -0.39 is 5.60 Å². The summed E-state index contributed by atoms with van der Waals surface area (Å²) in [5, 5.41) is 30.2. The number of ketones is 1. The predicted octanol–water partition coefficient (Wildman–Crippen LogP) is 1.19. The van der Waals surface area contributed by atoms with E-state index in [0.717, 1.165) is 5.56 Å². The topological polar surface area (TPSA) is 87.0 Å². The van der Waals surface area contributed by atoms with E-state index in [1.807, 2.05) is 0 Å². The van der Waals surface area contributed by atoms with Crippen LogP contribution >= 0.6 is 0 Å². The molecule has 5 nitrogen and oxygen atoms in total. The molecule has 1 aromatic rings. The number of carbonyl (C=O) groups excluding carboxylic acids is 1. The molecule has 1 atom stereocenters. The molecule has 1 aliphatic heterocycles. The lowest BCUT2D eigenvalue weighted by Crippen LogP contribution is -2.38. The molecule has 1 aromatic carbocycles. The van der Waals surface area contributed by atoms with Crippen LogP contribution in [0.5, 0.6) is 11.5 Å². The van der Waals surface area contributed by atoms with E-state index in [1.54, 1.807) is 6.08 Å². The molecular formula is C16H12O5. The summed E-state index contributed by atoms with van der Waals surface area (Å²) in [7, 11) is 0. The lowest BCUT2D eigenvalue weighted by molar-refractivity contribution is -0.110. The molecule has 0 amide bonds. The Morgan fingerprint density at radius 2 is 1.90 bits per heavy atom. The lowest BCUT2D eigenvalue weighted by Gasteiger charge is -2.33. The zero-order valence-corrected chi connectivity index (χ0v) is 11.0. The van der Waals surface area contributed by atoms with Crippen molar-refractivity contribution in [2.45, 2.75) is 12.0 Å². The number of allylic oxidation sites excluding steroid dienone is 3. The van der Waals surface area contributed by atoms with Crippen LogP contribution in [0.1, 0.15) is 11.1 Å². The van der Waals surface area contributed by atoms with E-state index in [9.17, 15) is 20.1 Å². The van der Waals surface area contributed by atoms with Gasteiger partial charge in [-0.25, -0.2) is 0 Å². The van der Waals surface area contributed by atoms with Crippen LogP contribution < -0.4 is 0 Å². The molecule has 0 fully saturated rings. The normalized spacial score (nSPS) is 26.0. The summed E-state index contributed by atoms with van der Waals surface area (Å²) in [6.07, 6.45) is 4.72. The van der Waals surface area contributed by atoms with Crippen LogP contribution in [0.3, 0.4) is 0 Å². The highest BCUT2D eigenvalue weighted by molar-refractivity contribution is 6.04. The zero-order valence-electron chi connectivity index (χ0n) is 11.0. The van der Waals surface area contributed by atoms with Gasteiger partial charge < -0.3 is 20.1 Å². The van der Waals surface area contributed by atoms with Gasteiger partial charge >= 0.3 is 0 Å². The highest BCUT2D eigenvalue weighted by atomic mass is 16.5. The van der Waals surface area contributed by atoms with Crippen molar-refractivity contribution in [2.24, 2.45) is 0 Å². The highest BCUT2D eigenvalue weighted by Crippen LogP contribution is 2.50. The van der Waals surface area contributed by atoms with Crippen LogP contribution in [0.2, 0.25) is 0 Å². The molecule has 2 aliphatic carbocycles. The molecular weight excluding hydrogens is 272 g/mol. The van der Waals surface area contributed by atoms with E-state index in [-0.39, 0.29) is 23.9 Å². The number of carbonyl (C=O) groups is 1. The molecule has 0 saturated heterocycles. The fourth-order valence-corrected chi connectivity index (χ4v) is 3.20. The first kappa shape index (κ1) is 12.2. The van der Waals surface area contributed by atoms with Crippen LogP contribution in [0.25, 0.3) is 5.57 Å². The number of ether oxygens (including phenoxy) is 1. The smallest absolute Gasteiger partial charge is 0.182 e. The number of hydrogen-bond acceptors (Lipinski definition) is 5. The Morgan fingerprint density at radius 1 is 1.14 bits per heavy atom. The summed E-state index contributed by atoms with van der Waals surface area (Å²) < 4.78 is 5.52. The number of hydrogen-bond donors (Lipinski definition) is 3. The highest BCUT2D eigenvalue weighted by Gasteiger charge is 2.46. The maximum Gasteiger partial charge on any atom is 0.182 e. The van der Waals surface area contributed by atoms with E-state index in [1.165, 1.54) is 24.3 Å². The fourth-order valence-electron chi connectivity index (χ4n) is 3.20. The predicted molar refractivity (Wildman–Crippen MR) is 73.5 cm³/mol. The van der Waals surface area contributed by atoms with Crippen molar-refractivity contribution in [3.05, 3.63) is 52.8 Å². The Morgan fingerprint density at radius 3 is 2.71 bits per heavy atom. The van der Waals surface area contributed by atoms with E-state index >= 15 is 0 Å². The largest absolute Gasteiger partial charge is 0.504 e. The Labute approximate surface area is 120 Å². The van der Waals surface area contributed by atoms with Crippen molar-refractivity contribution >= 4 is 11.4 Å². The minimum atomic E-state index is -1.21. The Balaban J connectivity index is 2.01. The zero-order chi connectivity index (χ0) is 14.8. The summed E-state index contributed by atoms with van der Waals surface area (Å²) in [5.41, 5.74) is 1.49. The van der Waals surface area contributed by atoms with Gasteiger partial charge in [0.05, 0.1) is 0 Å². The molecule has 0 radical (unpaired) electrons. The van der Waals surface area contributed by atoms with Crippen molar-refractivity contribution in [1.82, 2.24) is 0 Å². The molecule has 106 valence electrons. The van der Waals surface area contributed by atoms with Gasteiger partial charge in [0.25, 0.3) is 0 Å². The molecule has 4 rings (SSSR count). The summed E-state index contributed by atoms with van der Waals surface area (Å²) in [5.74, 6) is -0.180. The third-order valence-corrected chi connectivity index (χ3v) is 4.11. The number of phenols is 2. The second-order valence-corrected chi connectivity index (χ2v) is 5.53. The van der Waals surface area contributed by atoms with Crippen LogP contribution in [-0.4, -0.2) is 33.3 Å². The molecule has 5 heteroatoms. The van der Waals surface area contributed by atoms with Crippen molar-refractivity contribution < 1.29 is 24.9 Å². The van der Waals surface area contributed by atoms with E-state index in [4.69, 9.17) is 4.74 Å². The Bertz CT molecular complexity index is 784.